The lowest BCUT2D eigenvalue weighted by atomic mass is 9.84. The van der Waals surface area contributed by atoms with E-state index in [0.717, 1.165) is 22.6 Å². The highest BCUT2D eigenvalue weighted by Crippen LogP contribution is 2.32. The van der Waals surface area contributed by atoms with Crippen molar-refractivity contribution in [3.05, 3.63) is 29.3 Å². The van der Waals surface area contributed by atoms with E-state index in [4.69, 9.17) is 4.74 Å². The van der Waals surface area contributed by atoms with E-state index >= 15 is 0 Å². The number of amides is 1. The molecule has 0 fully saturated rings. The fourth-order valence-corrected chi connectivity index (χ4v) is 2.16. The minimum atomic E-state index is -0.0201. The van der Waals surface area contributed by atoms with Crippen molar-refractivity contribution in [3.8, 4) is 5.75 Å². The van der Waals surface area contributed by atoms with Gasteiger partial charge in [-0.2, -0.15) is 5.10 Å². The fourth-order valence-electron chi connectivity index (χ4n) is 2.16. The minimum absolute atomic E-state index is 0.000171. The molecule has 1 heterocycles. The van der Waals surface area contributed by atoms with Crippen LogP contribution in [0, 0.1) is 0 Å². The molecule has 1 aliphatic heterocycles. The van der Waals surface area contributed by atoms with Crippen molar-refractivity contribution in [1.82, 2.24) is 5.43 Å². The van der Waals surface area contributed by atoms with Crippen LogP contribution in [0.15, 0.2) is 23.3 Å². The highest BCUT2D eigenvalue weighted by atomic mass is 16.5. The molecule has 4 nitrogen and oxygen atoms in total. The highest BCUT2D eigenvalue weighted by molar-refractivity contribution is 6.04. The Bertz CT molecular complexity index is 527. The molecule has 19 heavy (non-hydrogen) atoms. The zero-order valence-corrected chi connectivity index (χ0v) is 11.9. The van der Waals surface area contributed by atoms with Crippen molar-refractivity contribution in [2.45, 2.75) is 39.0 Å². The number of rotatable bonds is 2. The van der Waals surface area contributed by atoms with Crippen LogP contribution in [-0.4, -0.2) is 18.7 Å². The second kappa shape index (κ2) is 5.03. The summed E-state index contributed by atoms with van der Waals surface area (Å²) in [6.45, 7) is 6.46. The monoisotopic (exact) mass is 260 g/mol. The first kappa shape index (κ1) is 13.6. The first-order chi connectivity index (χ1) is 8.91. The third-order valence-corrected chi connectivity index (χ3v) is 3.25. The second-order valence-electron chi connectivity index (χ2n) is 5.76. The summed E-state index contributed by atoms with van der Waals surface area (Å²) < 4.78 is 5.42. The summed E-state index contributed by atoms with van der Waals surface area (Å²) in [5.41, 5.74) is 5.65. The van der Waals surface area contributed by atoms with Gasteiger partial charge < -0.3 is 4.74 Å². The number of methoxy groups -OCH3 is 1. The number of ether oxygens (including phenoxy) is 1. The van der Waals surface area contributed by atoms with Crippen LogP contribution in [-0.2, 0) is 10.2 Å². The maximum atomic E-state index is 11.1. The molecule has 1 amide bonds. The van der Waals surface area contributed by atoms with Gasteiger partial charge in [0.1, 0.15) is 5.75 Å². The summed E-state index contributed by atoms with van der Waals surface area (Å²) in [5.74, 6) is 0.866. The van der Waals surface area contributed by atoms with Crippen LogP contribution in [0.4, 0.5) is 0 Å². The molecular weight excluding hydrogens is 240 g/mol. The average Bonchev–Trinajstić information content (AvgIpc) is 2.38. The van der Waals surface area contributed by atoms with Crippen molar-refractivity contribution >= 4 is 11.6 Å². The number of hydrogen-bond acceptors (Lipinski definition) is 3. The van der Waals surface area contributed by atoms with Crippen LogP contribution in [0.3, 0.4) is 0 Å². The molecule has 0 bridgehead atoms. The van der Waals surface area contributed by atoms with Crippen LogP contribution in [0.1, 0.15) is 44.7 Å². The Hall–Kier alpha value is -1.84. The molecule has 0 aromatic heterocycles. The molecule has 1 aromatic rings. The second-order valence-corrected chi connectivity index (χ2v) is 5.76. The lowest BCUT2D eigenvalue weighted by Gasteiger charge is -2.23. The third kappa shape index (κ3) is 2.95. The molecule has 0 saturated carbocycles. The van der Waals surface area contributed by atoms with Gasteiger partial charge in [0.05, 0.1) is 12.8 Å². The van der Waals surface area contributed by atoms with E-state index < -0.39 is 0 Å². The predicted octanol–water partition coefficient (Wildman–Crippen LogP) is 2.61. The van der Waals surface area contributed by atoms with Gasteiger partial charge in [-0.25, -0.2) is 5.43 Å². The molecule has 0 aliphatic carbocycles. The molecular formula is C15H20N2O2. The largest absolute Gasteiger partial charge is 0.496 e. The molecule has 0 saturated heterocycles. The van der Waals surface area contributed by atoms with E-state index in [9.17, 15) is 4.79 Å². The number of carbonyl (C=O) groups is 1. The molecule has 0 unspecified atom stereocenters. The van der Waals surface area contributed by atoms with Gasteiger partial charge in [0.25, 0.3) is 0 Å². The zero-order valence-electron chi connectivity index (χ0n) is 11.9. The normalized spacial score (nSPS) is 15.8. The van der Waals surface area contributed by atoms with Gasteiger partial charge in [-0.1, -0.05) is 20.8 Å². The fraction of sp³-hybridized carbons (Fsp3) is 0.467. The smallest absolute Gasteiger partial charge is 0.240 e. The number of hydrazone groups is 1. The minimum Gasteiger partial charge on any atom is -0.496 e. The van der Waals surface area contributed by atoms with E-state index in [1.807, 2.05) is 12.1 Å². The highest BCUT2D eigenvalue weighted by Gasteiger charge is 2.21. The summed E-state index contributed by atoms with van der Waals surface area (Å²) in [7, 11) is 1.68. The quantitative estimate of drug-likeness (QED) is 0.888. The van der Waals surface area contributed by atoms with Gasteiger partial charge in [0, 0.05) is 18.4 Å². The van der Waals surface area contributed by atoms with Crippen LogP contribution >= 0.6 is 0 Å². The van der Waals surface area contributed by atoms with E-state index in [2.05, 4.69) is 37.4 Å². The van der Waals surface area contributed by atoms with Crippen LogP contribution < -0.4 is 10.2 Å². The van der Waals surface area contributed by atoms with E-state index in [-0.39, 0.29) is 11.3 Å². The van der Waals surface area contributed by atoms with Crippen LogP contribution in [0.5, 0.6) is 5.75 Å². The third-order valence-electron chi connectivity index (χ3n) is 3.25. The Kier molecular flexibility index (Phi) is 3.60. The molecule has 2 rings (SSSR count). The Labute approximate surface area is 113 Å². The number of carbonyl (C=O) groups excluding carboxylic acids is 1. The number of nitrogens with one attached hydrogen (secondary N) is 1. The summed E-state index contributed by atoms with van der Waals surface area (Å²) >= 11 is 0. The van der Waals surface area contributed by atoms with Gasteiger partial charge in [0.2, 0.25) is 5.91 Å². The van der Waals surface area contributed by atoms with Gasteiger partial charge >= 0.3 is 0 Å². The predicted molar refractivity (Wildman–Crippen MR) is 75.6 cm³/mol. The summed E-state index contributed by atoms with van der Waals surface area (Å²) in [6.07, 6.45) is 1.18. The Morgan fingerprint density at radius 1 is 1.26 bits per heavy atom. The lowest BCUT2D eigenvalue weighted by molar-refractivity contribution is -0.121. The lowest BCUT2D eigenvalue weighted by Crippen LogP contribution is -2.26. The van der Waals surface area contributed by atoms with Crippen molar-refractivity contribution in [1.29, 1.82) is 0 Å². The van der Waals surface area contributed by atoms with Crippen molar-refractivity contribution in [2.75, 3.05) is 7.11 Å². The maximum absolute atomic E-state index is 11.1. The van der Waals surface area contributed by atoms with Crippen molar-refractivity contribution in [3.63, 3.8) is 0 Å². The summed E-state index contributed by atoms with van der Waals surface area (Å²) in [6, 6.07) is 6.06. The Morgan fingerprint density at radius 3 is 2.53 bits per heavy atom. The number of nitrogens with zero attached hydrogens (tertiary/aromatic N) is 1. The molecule has 1 aromatic carbocycles. The molecule has 1 N–H and O–H groups in total. The van der Waals surface area contributed by atoms with Gasteiger partial charge in [-0.3, -0.25) is 4.79 Å². The van der Waals surface area contributed by atoms with Crippen molar-refractivity contribution in [2.24, 2.45) is 5.10 Å². The van der Waals surface area contributed by atoms with Crippen LogP contribution in [0.25, 0.3) is 0 Å². The van der Waals surface area contributed by atoms with Gasteiger partial charge in [-0.15, -0.1) is 0 Å². The molecule has 102 valence electrons. The topological polar surface area (TPSA) is 50.7 Å². The maximum Gasteiger partial charge on any atom is 0.240 e. The number of benzene rings is 1. The Morgan fingerprint density at radius 2 is 2.00 bits per heavy atom. The van der Waals surface area contributed by atoms with E-state index in [0.29, 0.717) is 12.8 Å². The van der Waals surface area contributed by atoms with Crippen LogP contribution in [0.2, 0.25) is 0 Å². The molecule has 0 radical (unpaired) electrons. The molecule has 0 spiro atoms. The van der Waals surface area contributed by atoms with Gasteiger partial charge in [-0.05, 0) is 29.2 Å². The number of hydrogen-bond donors (Lipinski definition) is 1. The first-order valence-electron chi connectivity index (χ1n) is 6.46. The zero-order chi connectivity index (χ0) is 14.0. The van der Waals surface area contributed by atoms with Gasteiger partial charge in [0.15, 0.2) is 0 Å². The summed E-state index contributed by atoms with van der Waals surface area (Å²) in [5, 5.41) is 4.14. The molecule has 1 aliphatic rings. The first-order valence-corrected chi connectivity index (χ1v) is 6.46. The SMILES string of the molecule is COc1ccc(C2=NNC(=O)CC2)cc1C(C)(C)C. The van der Waals surface area contributed by atoms with Crippen molar-refractivity contribution < 1.29 is 9.53 Å². The van der Waals surface area contributed by atoms with E-state index in [1.54, 1.807) is 7.11 Å². The average molecular weight is 260 g/mol. The van der Waals surface area contributed by atoms with E-state index in [1.165, 1.54) is 0 Å². The molecule has 4 heteroatoms. The summed E-state index contributed by atoms with van der Waals surface area (Å²) in [4.78, 5) is 11.1. The Balaban J connectivity index is 2.41. The standard InChI is InChI=1S/C15H20N2O2/c1-15(2,3)11-9-10(5-7-13(11)19-4)12-6-8-14(18)17-16-12/h5,7,9H,6,8H2,1-4H3,(H,17,18). The molecule has 0 atom stereocenters.